The van der Waals surface area contributed by atoms with Crippen molar-refractivity contribution in [1.82, 2.24) is 4.90 Å². The van der Waals surface area contributed by atoms with Gasteiger partial charge in [0.2, 0.25) is 5.91 Å². The van der Waals surface area contributed by atoms with E-state index in [1.54, 1.807) is 0 Å². The van der Waals surface area contributed by atoms with Gasteiger partial charge in [-0.3, -0.25) is 4.79 Å². The largest absolute Gasteiger partial charge is 0.485 e. The maximum Gasteiger partial charge on any atom is 0.236 e. The minimum atomic E-state index is -0.229. The first-order valence-electron chi connectivity index (χ1n) is 11.8. The van der Waals surface area contributed by atoms with E-state index in [4.69, 9.17) is 10.5 Å². The Balaban J connectivity index is 1.33. The summed E-state index contributed by atoms with van der Waals surface area (Å²) in [5, 5.41) is 0. The molecule has 1 saturated heterocycles. The zero-order valence-electron chi connectivity index (χ0n) is 19.0. The summed E-state index contributed by atoms with van der Waals surface area (Å²) in [4.78, 5) is 16.3. The maximum absolute atomic E-state index is 12.0. The Kier molecular flexibility index (Phi) is 6.05. The smallest absolute Gasteiger partial charge is 0.236 e. The fourth-order valence-corrected chi connectivity index (χ4v) is 5.01. The van der Waals surface area contributed by atoms with Gasteiger partial charge in [-0.05, 0) is 28.8 Å². The van der Waals surface area contributed by atoms with Crippen molar-refractivity contribution in [2.75, 3.05) is 31.1 Å². The van der Waals surface area contributed by atoms with Gasteiger partial charge in [0.1, 0.15) is 11.4 Å². The number of nitrogens with zero attached hydrogens (tertiary/aromatic N) is 2. The second kappa shape index (κ2) is 9.28. The summed E-state index contributed by atoms with van der Waals surface area (Å²) >= 11 is 0. The van der Waals surface area contributed by atoms with E-state index in [2.05, 4.69) is 71.6 Å². The lowest BCUT2D eigenvalue weighted by molar-refractivity contribution is -0.133. The molecule has 1 amide bonds. The lowest BCUT2D eigenvalue weighted by Crippen LogP contribution is -2.51. The van der Waals surface area contributed by atoms with Gasteiger partial charge in [0.05, 0.1) is 12.2 Å². The van der Waals surface area contributed by atoms with Crippen molar-refractivity contribution in [2.24, 2.45) is 5.73 Å². The van der Waals surface area contributed by atoms with Gasteiger partial charge in [-0.1, -0.05) is 66.7 Å². The average Bonchev–Trinajstić information content (AvgIpc) is 3.02. The van der Waals surface area contributed by atoms with E-state index in [1.807, 2.05) is 17.0 Å². The zero-order chi connectivity index (χ0) is 22.7. The molecule has 2 N–H and O–H groups in total. The summed E-state index contributed by atoms with van der Waals surface area (Å²) < 4.78 is 6.68. The van der Waals surface area contributed by atoms with Crippen molar-refractivity contribution in [3.8, 4) is 16.9 Å². The van der Waals surface area contributed by atoms with Crippen LogP contribution in [0.3, 0.4) is 0 Å². The van der Waals surface area contributed by atoms with E-state index < -0.39 is 0 Å². The molecule has 0 radical (unpaired) electrons. The van der Waals surface area contributed by atoms with Crippen LogP contribution < -0.4 is 15.4 Å². The summed E-state index contributed by atoms with van der Waals surface area (Å²) in [5.41, 5.74) is 10.2. The first kappa shape index (κ1) is 21.5. The summed E-state index contributed by atoms with van der Waals surface area (Å²) in [6.07, 6.45) is 2.62. The number of carbonyl (C=O) groups is 1. The summed E-state index contributed by atoms with van der Waals surface area (Å²) in [7, 11) is 0. The van der Waals surface area contributed by atoms with Crippen molar-refractivity contribution in [1.29, 1.82) is 0 Å². The molecule has 5 nitrogen and oxygen atoms in total. The number of likely N-dealkylation sites (tertiary alicyclic amines) is 1. The lowest BCUT2D eigenvalue weighted by Gasteiger charge is -2.41. The van der Waals surface area contributed by atoms with Crippen LogP contribution in [0.25, 0.3) is 11.1 Å². The number of anilines is 1. The van der Waals surface area contributed by atoms with Gasteiger partial charge in [-0.15, -0.1) is 0 Å². The molecule has 3 aromatic carbocycles. The minimum absolute atomic E-state index is 0.0273. The first-order valence-corrected chi connectivity index (χ1v) is 11.8. The SMILES string of the molecule is NCC(=O)N1CCC2(CC1)CCN(Cc1ccc(-c3ccccc3)cc1)c1ccccc1O2. The number of hydrogen-bond donors (Lipinski definition) is 1. The molecular weight excluding hydrogens is 410 g/mol. The van der Waals surface area contributed by atoms with Crippen LogP contribution in [0, 0.1) is 0 Å². The van der Waals surface area contributed by atoms with E-state index in [-0.39, 0.29) is 18.1 Å². The van der Waals surface area contributed by atoms with Crippen molar-refractivity contribution < 1.29 is 9.53 Å². The molecule has 0 bridgehead atoms. The van der Waals surface area contributed by atoms with Crippen molar-refractivity contribution in [2.45, 2.75) is 31.4 Å². The monoisotopic (exact) mass is 441 g/mol. The van der Waals surface area contributed by atoms with Gasteiger partial charge in [-0.25, -0.2) is 0 Å². The third-order valence-electron chi connectivity index (χ3n) is 7.01. The van der Waals surface area contributed by atoms with Gasteiger partial charge >= 0.3 is 0 Å². The van der Waals surface area contributed by atoms with Crippen LogP contribution in [-0.2, 0) is 11.3 Å². The van der Waals surface area contributed by atoms with Crippen molar-refractivity contribution in [3.05, 3.63) is 84.4 Å². The van der Waals surface area contributed by atoms with Gasteiger partial charge in [0.25, 0.3) is 0 Å². The highest BCUT2D eigenvalue weighted by atomic mass is 16.5. The molecule has 33 heavy (non-hydrogen) atoms. The van der Waals surface area contributed by atoms with Crippen LogP contribution in [-0.4, -0.2) is 42.6 Å². The highest BCUT2D eigenvalue weighted by Crippen LogP contribution is 2.41. The molecule has 0 unspecified atom stereocenters. The number of ether oxygens (including phenoxy) is 1. The molecule has 2 heterocycles. The van der Waals surface area contributed by atoms with Crippen LogP contribution in [0.4, 0.5) is 5.69 Å². The number of piperidine rings is 1. The number of benzene rings is 3. The molecule has 5 rings (SSSR count). The maximum atomic E-state index is 12.0. The van der Waals surface area contributed by atoms with Crippen LogP contribution >= 0.6 is 0 Å². The Hall–Kier alpha value is -3.31. The summed E-state index contributed by atoms with van der Waals surface area (Å²) in [6, 6.07) is 27.7. The Morgan fingerprint density at radius 3 is 2.18 bits per heavy atom. The zero-order valence-corrected chi connectivity index (χ0v) is 19.0. The normalized spacial score (nSPS) is 17.2. The second-order valence-electron chi connectivity index (χ2n) is 9.07. The molecule has 3 aromatic rings. The van der Waals surface area contributed by atoms with E-state index in [0.717, 1.165) is 43.8 Å². The molecular formula is C28H31N3O2. The minimum Gasteiger partial charge on any atom is -0.485 e. The molecule has 2 aliphatic rings. The predicted molar refractivity (Wildman–Crippen MR) is 132 cm³/mol. The number of carbonyl (C=O) groups excluding carboxylic acids is 1. The fraction of sp³-hybridized carbons (Fsp3) is 0.321. The van der Waals surface area contributed by atoms with Crippen molar-refractivity contribution in [3.63, 3.8) is 0 Å². The van der Waals surface area contributed by atoms with Gasteiger partial charge < -0.3 is 20.3 Å². The molecule has 2 aliphatic heterocycles. The molecule has 0 atom stereocenters. The molecule has 0 aliphatic carbocycles. The van der Waals surface area contributed by atoms with Crippen LogP contribution in [0.2, 0.25) is 0 Å². The van der Waals surface area contributed by atoms with Crippen molar-refractivity contribution >= 4 is 11.6 Å². The van der Waals surface area contributed by atoms with Gasteiger partial charge in [-0.2, -0.15) is 0 Å². The second-order valence-corrected chi connectivity index (χ2v) is 9.07. The topological polar surface area (TPSA) is 58.8 Å². The quantitative estimate of drug-likeness (QED) is 0.649. The third-order valence-corrected chi connectivity index (χ3v) is 7.01. The number of fused-ring (bicyclic) bond motifs is 1. The van der Waals surface area contributed by atoms with Crippen LogP contribution in [0.5, 0.6) is 5.75 Å². The average molecular weight is 442 g/mol. The molecule has 0 saturated carbocycles. The number of rotatable bonds is 4. The molecule has 5 heteroatoms. The highest BCUT2D eigenvalue weighted by molar-refractivity contribution is 5.78. The number of hydrogen-bond acceptors (Lipinski definition) is 4. The van der Waals surface area contributed by atoms with Crippen LogP contribution in [0.1, 0.15) is 24.8 Å². The molecule has 170 valence electrons. The predicted octanol–water partition coefficient (Wildman–Crippen LogP) is 4.46. The molecule has 1 spiro atoms. The number of amides is 1. The van der Waals surface area contributed by atoms with Gasteiger partial charge in [0, 0.05) is 45.4 Å². The standard InChI is InChI=1S/C28H31N3O2/c29-20-27(32)30-17-14-28(15-18-30)16-19-31(25-8-4-5-9-26(25)33-28)21-22-10-12-24(13-11-22)23-6-2-1-3-7-23/h1-13H,14-21,29H2. The fourth-order valence-electron chi connectivity index (χ4n) is 5.01. The third kappa shape index (κ3) is 4.60. The Morgan fingerprint density at radius 2 is 1.45 bits per heavy atom. The van der Waals surface area contributed by atoms with E-state index in [1.165, 1.54) is 16.7 Å². The van der Waals surface area contributed by atoms with E-state index in [9.17, 15) is 4.79 Å². The summed E-state index contributed by atoms with van der Waals surface area (Å²) in [6.45, 7) is 3.25. The van der Waals surface area contributed by atoms with E-state index in [0.29, 0.717) is 13.1 Å². The number of para-hydroxylation sites is 2. The number of nitrogens with two attached hydrogens (primary N) is 1. The molecule has 1 fully saturated rings. The Morgan fingerprint density at radius 1 is 0.818 bits per heavy atom. The van der Waals surface area contributed by atoms with Gasteiger partial charge in [0.15, 0.2) is 0 Å². The highest BCUT2D eigenvalue weighted by Gasteiger charge is 2.40. The Labute approximate surface area is 195 Å². The lowest BCUT2D eigenvalue weighted by atomic mass is 9.87. The molecule has 0 aromatic heterocycles. The summed E-state index contributed by atoms with van der Waals surface area (Å²) in [5.74, 6) is 0.967. The first-order chi connectivity index (χ1) is 16.2. The van der Waals surface area contributed by atoms with Crippen LogP contribution in [0.15, 0.2) is 78.9 Å². The Bertz CT molecular complexity index is 1090. The van der Waals surface area contributed by atoms with E-state index >= 15 is 0 Å².